The Morgan fingerprint density at radius 2 is 1.17 bits per heavy atom. The van der Waals surface area contributed by atoms with Crippen molar-refractivity contribution < 1.29 is 17.3 Å². The Morgan fingerprint density at radius 1 is 0.833 bits per heavy atom. The molecule has 0 amide bonds. The van der Waals surface area contributed by atoms with Gasteiger partial charge in [0.15, 0.2) is 0 Å². The van der Waals surface area contributed by atoms with Crippen LogP contribution in [0.15, 0.2) is 30.6 Å². The first-order valence-electron chi connectivity index (χ1n) is 2.72. The van der Waals surface area contributed by atoms with E-state index in [-0.39, 0.29) is 29.6 Å². The van der Waals surface area contributed by atoms with E-state index in [2.05, 4.69) is 4.98 Å². The average molecular weight is 190 g/mol. The second-order valence-corrected chi connectivity index (χ2v) is 1.52. The van der Waals surface area contributed by atoms with Crippen molar-refractivity contribution in [3.8, 4) is 0 Å². The quantitative estimate of drug-likeness (QED) is 0.448. The van der Waals surface area contributed by atoms with E-state index in [1.807, 2.05) is 18.2 Å². The van der Waals surface area contributed by atoms with Crippen molar-refractivity contribution in [2.24, 2.45) is 0 Å². The van der Waals surface area contributed by atoms with Gasteiger partial charge in [-0.15, -0.1) is 0 Å². The molecule has 0 radical (unpaired) electrons. The van der Waals surface area contributed by atoms with Gasteiger partial charge in [0.2, 0.25) is 0 Å². The molecule has 1 aromatic heterocycles. The van der Waals surface area contributed by atoms with Crippen LogP contribution < -0.4 is 0 Å². The number of rotatable bonds is 0. The maximum Gasteiger partial charge on any atom is 0.0267 e. The van der Waals surface area contributed by atoms with Crippen LogP contribution in [0.1, 0.15) is 0 Å². The van der Waals surface area contributed by atoms with Crippen molar-refractivity contribution in [2.75, 3.05) is 0 Å². The minimum atomic E-state index is -6.00. The standard InChI is InChI=1S/C5H5N.BF4.Na.H/c1-2-4-6-5-3-1;2-1(3,4)5;;/h1-5H;;;/q;-1;;. The van der Waals surface area contributed by atoms with Crippen LogP contribution in [-0.2, 0) is 0 Å². The first-order chi connectivity index (χ1) is 5.00. The van der Waals surface area contributed by atoms with Crippen LogP contribution in [0.3, 0.4) is 0 Å². The Kier molecular flexibility index (Phi) is 9.13. The first-order valence-corrected chi connectivity index (χ1v) is 2.72. The molecule has 0 fully saturated rings. The Balaban J connectivity index is 0. The molecule has 0 N–H and O–H groups in total. The van der Waals surface area contributed by atoms with Crippen LogP contribution in [0.4, 0.5) is 17.3 Å². The van der Waals surface area contributed by atoms with Crippen LogP contribution in [0, 0.1) is 0 Å². The van der Waals surface area contributed by atoms with Crippen molar-refractivity contribution in [1.82, 2.24) is 4.98 Å². The van der Waals surface area contributed by atoms with Gasteiger partial charge in [-0.25, -0.2) is 0 Å². The van der Waals surface area contributed by atoms with Crippen LogP contribution in [-0.4, -0.2) is 41.8 Å². The Labute approximate surface area is 89.6 Å². The summed E-state index contributed by atoms with van der Waals surface area (Å²) in [4.78, 5) is 3.78. The predicted molar refractivity (Wildman–Crippen MR) is 41.6 cm³/mol. The Hall–Kier alpha value is -0.0651. The molecule has 0 saturated heterocycles. The van der Waals surface area contributed by atoms with Crippen LogP contribution in [0.25, 0.3) is 0 Å². The van der Waals surface area contributed by atoms with Crippen LogP contribution in [0.2, 0.25) is 0 Å². The largest absolute Gasteiger partial charge is 0.265 e. The molecule has 0 aliphatic rings. The molecule has 0 bridgehead atoms. The molecule has 0 atom stereocenters. The summed E-state index contributed by atoms with van der Waals surface area (Å²) in [7, 11) is -6.00. The summed E-state index contributed by atoms with van der Waals surface area (Å²) < 4.78 is 39.0. The Bertz CT molecular complexity index is 148. The number of hydrogen-bond acceptors (Lipinski definition) is 1. The van der Waals surface area contributed by atoms with E-state index in [1.165, 1.54) is 0 Å². The van der Waals surface area contributed by atoms with Gasteiger partial charge in [-0.05, 0) is 12.1 Å². The van der Waals surface area contributed by atoms with E-state index in [1.54, 1.807) is 12.4 Å². The molecule has 1 heterocycles. The molecular weight excluding hydrogens is 184 g/mol. The summed E-state index contributed by atoms with van der Waals surface area (Å²) in [6, 6.07) is 5.72. The summed E-state index contributed by atoms with van der Waals surface area (Å²) in [6.07, 6.45) is 3.50. The summed E-state index contributed by atoms with van der Waals surface area (Å²) in [5.74, 6) is 0. The molecule has 0 aromatic carbocycles. The van der Waals surface area contributed by atoms with E-state index in [0.717, 1.165) is 0 Å². The van der Waals surface area contributed by atoms with Gasteiger partial charge in [0.1, 0.15) is 0 Å². The van der Waals surface area contributed by atoms with Crippen LogP contribution >= 0.6 is 0 Å². The second kappa shape index (κ2) is 7.58. The molecule has 1 rings (SSSR count). The molecular formula is C5H6BF4NNa-. The fourth-order valence-electron chi connectivity index (χ4n) is 0.313. The SMILES string of the molecule is F[B-](F)(F)F.[NaH].c1ccncc1. The molecule has 1 aromatic rings. The number of aromatic nitrogens is 1. The second-order valence-electron chi connectivity index (χ2n) is 1.52. The van der Waals surface area contributed by atoms with E-state index >= 15 is 0 Å². The monoisotopic (exact) mass is 190 g/mol. The van der Waals surface area contributed by atoms with Crippen molar-refractivity contribution in [3.63, 3.8) is 0 Å². The minimum Gasteiger partial charge on any atom is -0.265 e. The third-order valence-electron chi connectivity index (χ3n) is 0.566. The van der Waals surface area contributed by atoms with Gasteiger partial charge in [0.25, 0.3) is 0 Å². The molecule has 0 spiro atoms. The fraction of sp³-hybridized carbons (Fsp3) is 0. The molecule has 1 nitrogen and oxygen atoms in total. The van der Waals surface area contributed by atoms with E-state index < -0.39 is 7.25 Å². The topological polar surface area (TPSA) is 12.9 Å². The van der Waals surface area contributed by atoms with Gasteiger partial charge in [-0.1, -0.05) is 6.07 Å². The van der Waals surface area contributed by atoms with E-state index in [4.69, 9.17) is 0 Å². The van der Waals surface area contributed by atoms with Gasteiger partial charge in [-0.2, -0.15) is 0 Å². The van der Waals surface area contributed by atoms with Crippen LogP contribution in [0.5, 0.6) is 0 Å². The number of nitrogens with zero attached hydrogens (tertiary/aromatic N) is 1. The molecule has 0 aliphatic carbocycles. The zero-order valence-corrected chi connectivity index (χ0v) is 5.42. The summed E-state index contributed by atoms with van der Waals surface area (Å²) in [5, 5.41) is 0. The maximum absolute atomic E-state index is 9.75. The zero-order valence-electron chi connectivity index (χ0n) is 5.42. The van der Waals surface area contributed by atoms with E-state index in [0.29, 0.717) is 0 Å². The molecule has 0 aliphatic heterocycles. The van der Waals surface area contributed by atoms with Crippen molar-refractivity contribution in [1.29, 1.82) is 0 Å². The molecule has 0 saturated carbocycles. The zero-order chi connectivity index (χ0) is 8.74. The normalized spacial score (nSPS) is 9.00. The first kappa shape index (κ1) is 14.5. The maximum atomic E-state index is 9.75. The van der Waals surface area contributed by atoms with Crippen molar-refractivity contribution in [2.45, 2.75) is 0 Å². The predicted octanol–water partition coefficient (Wildman–Crippen LogP) is 1.73. The summed E-state index contributed by atoms with van der Waals surface area (Å²) in [5.41, 5.74) is 0. The van der Waals surface area contributed by atoms with Gasteiger partial charge >= 0.3 is 36.8 Å². The molecule has 7 heteroatoms. The molecule has 12 heavy (non-hydrogen) atoms. The summed E-state index contributed by atoms with van der Waals surface area (Å²) in [6.45, 7) is 0. The third kappa shape index (κ3) is 22.5. The number of halogens is 4. The fourth-order valence-corrected chi connectivity index (χ4v) is 0.313. The van der Waals surface area contributed by atoms with Gasteiger partial charge in [0, 0.05) is 12.4 Å². The van der Waals surface area contributed by atoms with E-state index in [9.17, 15) is 17.3 Å². The van der Waals surface area contributed by atoms with Gasteiger partial charge in [-0.3, -0.25) is 4.98 Å². The molecule has 64 valence electrons. The summed E-state index contributed by atoms with van der Waals surface area (Å²) >= 11 is 0. The minimum absolute atomic E-state index is 0. The van der Waals surface area contributed by atoms with Gasteiger partial charge < -0.3 is 17.3 Å². The third-order valence-corrected chi connectivity index (χ3v) is 0.566. The van der Waals surface area contributed by atoms with Crippen molar-refractivity contribution in [3.05, 3.63) is 30.6 Å². The Morgan fingerprint density at radius 3 is 1.25 bits per heavy atom. The number of hydrogen-bond donors (Lipinski definition) is 0. The van der Waals surface area contributed by atoms with Crippen molar-refractivity contribution >= 4 is 36.8 Å². The number of pyridine rings is 1. The van der Waals surface area contributed by atoms with Gasteiger partial charge in [0.05, 0.1) is 0 Å². The average Bonchev–Trinajstić information content (AvgIpc) is 1.88. The smallest absolute Gasteiger partial charge is 0.0267 e. The molecule has 0 unspecified atom stereocenters.